The van der Waals surface area contributed by atoms with Crippen molar-refractivity contribution in [3.63, 3.8) is 0 Å². The van der Waals surface area contributed by atoms with E-state index in [-0.39, 0.29) is 11.8 Å². The minimum Gasteiger partial charge on any atom is -0.457 e. The normalized spacial score (nSPS) is 14.7. The number of carbonyl (C=O) groups is 1. The Bertz CT molecular complexity index is 1370. The van der Waals surface area contributed by atoms with Gasteiger partial charge in [-0.15, -0.1) is 0 Å². The van der Waals surface area contributed by atoms with E-state index in [9.17, 15) is 18.0 Å². The number of anilines is 1. The predicted molar refractivity (Wildman–Crippen MR) is 126 cm³/mol. The van der Waals surface area contributed by atoms with Crippen molar-refractivity contribution < 1.29 is 27.2 Å². The number of halogens is 3. The lowest BCUT2D eigenvalue weighted by atomic mass is 10.2. The Morgan fingerprint density at radius 1 is 1.00 bits per heavy atom. The molecular formula is C25H22F3N5O3. The summed E-state index contributed by atoms with van der Waals surface area (Å²) in [6, 6.07) is 15.3. The van der Waals surface area contributed by atoms with E-state index in [1.807, 2.05) is 12.1 Å². The van der Waals surface area contributed by atoms with Gasteiger partial charge in [-0.1, -0.05) is 23.4 Å². The van der Waals surface area contributed by atoms with Gasteiger partial charge in [0.15, 0.2) is 5.82 Å². The van der Waals surface area contributed by atoms with Gasteiger partial charge in [-0.25, -0.2) is 9.78 Å². The zero-order valence-corrected chi connectivity index (χ0v) is 19.0. The zero-order valence-electron chi connectivity index (χ0n) is 19.0. The quantitative estimate of drug-likeness (QED) is 0.399. The summed E-state index contributed by atoms with van der Waals surface area (Å²) < 4.78 is 49.7. The summed E-state index contributed by atoms with van der Waals surface area (Å²) in [7, 11) is 0. The van der Waals surface area contributed by atoms with Gasteiger partial charge in [-0.2, -0.15) is 13.2 Å². The molecular weight excluding hydrogens is 475 g/mol. The SMILES string of the molecule is O=C(Nc1noc2ncccc12)N1CCN(Cc2cccc(Oc3cccc(C(F)(F)F)c3)c2)CC1. The van der Waals surface area contributed by atoms with Crippen LogP contribution in [0.25, 0.3) is 11.1 Å². The van der Waals surface area contributed by atoms with Crippen molar-refractivity contribution in [3.05, 3.63) is 78.0 Å². The number of nitrogens with zero attached hydrogens (tertiary/aromatic N) is 4. The number of aromatic nitrogens is 2. The molecule has 4 aromatic rings. The van der Waals surface area contributed by atoms with E-state index in [4.69, 9.17) is 9.26 Å². The number of hydrogen-bond donors (Lipinski definition) is 1. The first-order valence-electron chi connectivity index (χ1n) is 11.3. The molecule has 1 N–H and O–H groups in total. The summed E-state index contributed by atoms with van der Waals surface area (Å²) in [6.07, 6.45) is -2.84. The Labute approximate surface area is 204 Å². The molecule has 0 radical (unpaired) electrons. The summed E-state index contributed by atoms with van der Waals surface area (Å²) in [4.78, 5) is 20.7. The number of hydrogen-bond acceptors (Lipinski definition) is 6. The molecule has 2 aromatic carbocycles. The van der Waals surface area contributed by atoms with Crippen molar-refractivity contribution in [3.8, 4) is 11.5 Å². The van der Waals surface area contributed by atoms with Gasteiger partial charge in [0.25, 0.3) is 5.71 Å². The number of piperazine rings is 1. The fourth-order valence-corrected chi connectivity index (χ4v) is 4.00. The molecule has 1 aliphatic heterocycles. The Hall–Kier alpha value is -4.12. The number of fused-ring (bicyclic) bond motifs is 1. The smallest absolute Gasteiger partial charge is 0.416 e. The van der Waals surface area contributed by atoms with E-state index < -0.39 is 11.7 Å². The number of carbonyl (C=O) groups excluding carboxylic acids is 1. The summed E-state index contributed by atoms with van der Waals surface area (Å²) >= 11 is 0. The van der Waals surface area contributed by atoms with E-state index >= 15 is 0 Å². The second kappa shape index (κ2) is 9.86. The molecule has 0 saturated carbocycles. The van der Waals surface area contributed by atoms with Gasteiger partial charge >= 0.3 is 12.2 Å². The van der Waals surface area contributed by atoms with Crippen LogP contribution in [0.5, 0.6) is 11.5 Å². The van der Waals surface area contributed by atoms with Crippen LogP contribution in [-0.2, 0) is 12.7 Å². The van der Waals surface area contributed by atoms with E-state index in [2.05, 4.69) is 20.4 Å². The third kappa shape index (κ3) is 5.41. The van der Waals surface area contributed by atoms with Gasteiger partial charge in [0.2, 0.25) is 0 Å². The molecule has 2 aromatic heterocycles. The third-order valence-corrected chi connectivity index (χ3v) is 5.84. The second-order valence-corrected chi connectivity index (χ2v) is 8.36. The van der Waals surface area contributed by atoms with Crippen molar-refractivity contribution in [2.24, 2.45) is 0 Å². The van der Waals surface area contributed by atoms with E-state index in [0.29, 0.717) is 55.4 Å². The summed E-state index contributed by atoms with van der Waals surface area (Å²) in [5.41, 5.74) is 0.558. The van der Waals surface area contributed by atoms with Crippen LogP contribution in [0.15, 0.2) is 71.4 Å². The first kappa shape index (κ1) is 23.6. The number of urea groups is 1. The number of rotatable bonds is 5. The molecule has 0 aliphatic carbocycles. The van der Waals surface area contributed by atoms with Gasteiger partial charge in [0, 0.05) is 38.9 Å². The van der Waals surface area contributed by atoms with Crippen molar-refractivity contribution in [1.29, 1.82) is 0 Å². The summed E-state index contributed by atoms with van der Waals surface area (Å²) in [5.74, 6) is 0.916. The van der Waals surface area contributed by atoms with E-state index in [0.717, 1.165) is 17.7 Å². The number of pyridine rings is 1. The number of amides is 2. The van der Waals surface area contributed by atoms with Crippen molar-refractivity contribution in [2.45, 2.75) is 12.7 Å². The lowest BCUT2D eigenvalue weighted by Gasteiger charge is -2.34. The molecule has 3 heterocycles. The lowest BCUT2D eigenvalue weighted by molar-refractivity contribution is -0.137. The number of benzene rings is 2. The fraction of sp³-hybridized carbons (Fsp3) is 0.240. The van der Waals surface area contributed by atoms with Gasteiger partial charge in [0.1, 0.15) is 11.5 Å². The first-order chi connectivity index (χ1) is 17.3. The highest BCUT2D eigenvalue weighted by Gasteiger charge is 2.30. The maximum Gasteiger partial charge on any atom is 0.416 e. The molecule has 186 valence electrons. The molecule has 8 nitrogen and oxygen atoms in total. The Morgan fingerprint density at radius 3 is 2.53 bits per heavy atom. The lowest BCUT2D eigenvalue weighted by Crippen LogP contribution is -2.49. The molecule has 1 aliphatic rings. The van der Waals surface area contributed by atoms with Gasteiger partial charge in [-0.05, 0) is 48.0 Å². The minimum absolute atomic E-state index is 0.122. The standard InChI is InChI=1S/C25H22F3N5O3/c26-25(27,28)18-5-2-7-20(15-18)35-19-6-1-4-17(14-19)16-32-10-12-33(13-11-32)24(34)30-22-21-8-3-9-29-23(21)36-31-22/h1-9,14-15H,10-13,16H2,(H,30,31,34). The van der Waals surface area contributed by atoms with Crippen LogP contribution in [0.3, 0.4) is 0 Å². The molecule has 2 amide bonds. The third-order valence-electron chi connectivity index (χ3n) is 5.84. The van der Waals surface area contributed by atoms with Crippen LogP contribution in [0.4, 0.5) is 23.8 Å². The molecule has 0 atom stereocenters. The molecule has 11 heteroatoms. The van der Waals surface area contributed by atoms with Crippen LogP contribution >= 0.6 is 0 Å². The van der Waals surface area contributed by atoms with Crippen LogP contribution < -0.4 is 10.1 Å². The topological polar surface area (TPSA) is 83.7 Å². The molecule has 0 bridgehead atoms. The number of ether oxygens (including phenoxy) is 1. The average molecular weight is 497 g/mol. The number of alkyl halides is 3. The monoisotopic (exact) mass is 497 g/mol. The maximum absolute atomic E-state index is 13.0. The highest BCUT2D eigenvalue weighted by molar-refractivity contribution is 5.97. The fourth-order valence-electron chi connectivity index (χ4n) is 4.00. The van der Waals surface area contributed by atoms with Gasteiger partial charge < -0.3 is 14.2 Å². The zero-order chi connectivity index (χ0) is 25.1. The van der Waals surface area contributed by atoms with Crippen molar-refractivity contribution in [2.75, 3.05) is 31.5 Å². The molecule has 0 unspecified atom stereocenters. The highest BCUT2D eigenvalue weighted by Crippen LogP contribution is 2.33. The Kier molecular flexibility index (Phi) is 6.47. The molecule has 5 rings (SSSR count). The molecule has 36 heavy (non-hydrogen) atoms. The van der Waals surface area contributed by atoms with E-state index in [1.165, 1.54) is 12.1 Å². The Morgan fingerprint density at radius 2 is 1.75 bits per heavy atom. The molecule has 1 fully saturated rings. The summed E-state index contributed by atoms with van der Waals surface area (Å²) in [6.45, 7) is 3.00. The van der Waals surface area contributed by atoms with Gasteiger partial charge in [-0.3, -0.25) is 10.2 Å². The maximum atomic E-state index is 13.0. The Balaban J connectivity index is 1.15. The van der Waals surface area contributed by atoms with Gasteiger partial charge in [0.05, 0.1) is 10.9 Å². The van der Waals surface area contributed by atoms with Crippen molar-refractivity contribution >= 4 is 22.9 Å². The second-order valence-electron chi connectivity index (χ2n) is 8.36. The van der Waals surface area contributed by atoms with Crippen molar-refractivity contribution in [1.82, 2.24) is 19.9 Å². The first-order valence-corrected chi connectivity index (χ1v) is 11.3. The van der Waals surface area contributed by atoms with Crippen LogP contribution in [0.2, 0.25) is 0 Å². The molecule has 0 spiro atoms. The van der Waals surface area contributed by atoms with Crippen LogP contribution in [0.1, 0.15) is 11.1 Å². The molecule has 1 saturated heterocycles. The summed E-state index contributed by atoms with van der Waals surface area (Å²) in [5, 5.41) is 7.30. The van der Waals surface area contributed by atoms with Crippen LogP contribution in [-0.4, -0.2) is 52.2 Å². The van der Waals surface area contributed by atoms with E-state index in [1.54, 1.807) is 35.4 Å². The predicted octanol–water partition coefficient (Wildman–Crippen LogP) is 5.38. The minimum atomic E-state index is -4.43. The largest absolute Gasteiger partial charge is 0.457 e. The average Bonchev–Trinajstić information content (AvgIpc) is 3.27. The number of nitrogens with one attached hydrogen (secondary N) is 1. The highest BCUT2D eigenvalue weighted by atomic mass is 19.4. The van der Waals surface area contributed by atoms with Crippen LogP contribution in [0, 0.1) is 0 Å².